The number of aromatic amines is 2. The van der Waals surface area contributed by atoms with E-state index in [2.05, 4.69) is 104 Å². The lowest BCUT2D eigenvalue weighted by Gasteiger charge is -2.08. The Morgan fingerprint density at radius 1 is 0.632 bits per heavy atom. The number of nitrogen functional groups attached to an aromatic ring is 1. The van der Waals surface area contributed by atoms with E-state index < -0.39 is 49.4 Å². The number of hydrogen-bond acceptors (Lipinski definition) is 11. The van der Waals surface area contributed by atoms with Gasteiger partial charge >= 0.3 is 13.1 Å². The zero-order valence-electron chi connectivity index (χ0n) is 41.2. The van der Waals surface area contributed by atoms with E-state index >= 15 is 0 Å². The number of nitrogens with one attached hydrogen (secondary N) is 4. The third-order valence-electron chi connectivity index (χ3n) is 12.2. The topological polar surface area (TPSA) is 271 Å². The number of carbonyl (C=O) groups excluding carboxylic acids is 2. The molecule has 1 unspecified atom stereocenters. The zero-order valence-corrected chi connectivity index (χ0v) is 45.5. The van der Waals surface area contributed by atoms with Crippen molar-refractivity contribution >= 4 is 132 Å². The highest BCUT2D eigenvalue weighted by molar-refractivity contribution is 14.1. The fourth-order valence-corrected chi connectivity index (χ4v) is 8.90. The van der Waals surface area contributed by atoms with E-state index in [1.165, 1.54) is 3.57 Å². The maximum absolute atomic E-state index is 13.0. The summed E-state index contributed by atoms with van der Waals surface area (Å²) in [6, 6.07) is 19.4. The second-order valence-corrected chi connectivity index (χ2v) is 20.3. The molecule has 9 N–H and O–H groups in total. The number of aromatic nitrogens is 10. The number of carboxylic acids is 1. The molecule has 2 amide bonds. The molecule has 19 nitrogen and oxygen atoms in total. The van der Waals surface area contributed by atoms with Crippen molar-refractivity contribution in [2.75, 3.05) is 16.4 Å². The lowest BCUT2D eigenvalue weighted by molar-refractivity contribution is -0.139. The van der Waals surface area contributed by atoms with Crippen LogP contribution in [-0.4, -0.2) is 107 Å². The maximum Gasteiger partial charge on any atom is 0.489 e. The first-order valence-corrected chi connectivity index (χ1v) is 26.1. The van der Waals surface area contributed by atoms with E-state index in [0.29, 0.717) is 41.4 Å². The number of anilines is 3. The number of rotatable bonds is 7. The van der Waals surface area contributed by atoms with Crippen LogP contribution in [0.1, 0.15) is 44.2 Å². The number of hydrogen-bond donors (Lipinski definition) is 8. The fourth-order valence-electron chi connectivity index (χ4n) is 7.94. The molecule has 10 aromatic rings. The monoisotopic (exact) mass is 1260 g/mol. The predicted molar refractivity (Wildman–Crippen MR) is 301 cm³/mol. The quantitative estimate of drug-likeness (QED) is 0.0554. The number of benzene rings is 2. The van der Waals surface area contributed by atoms with Crippen LogP contribution in [0.4, 0.5) is 30.6 Å². The Kier molecular flexibility index (Phi) is 17.3. The fraction of sp³-hybridized carbons (Fsp3) is 0.255. The number of pyridine rings is 3. The molecule has 0 radical (unpaired) electrons. The molecular weight excluding hydrogens is 1210 g/mol. The van der Waals surface area contributed by atoms with Crippen molar-refractivity contribution in [2.24, 2.45) is 17.8 Å². The summed E-state index contributed by atoms with van der Waals surface area (Å²) >= 11 is 4.45. The molecule has 3 aliphatic rings. The second-order valence-electron chi connectivity index (χ2n) is 17.8. The molecule has 0 aliphatic heterocycles. The van der Waals surface area contributed by atoms with Gasteiger partial charge in [0, 0.05) is 36.5 Å². The lowest BCUT2D eigenvalue weighted by Crippen LogP contribution is -2.32. The van der Waals surface area contributed by atoms with Crippen LogP contribution in [0.3, 0.4) is 0 Å². The van der Waals surface area contributed by atoms with Crippen molar-refractivity contribution in [3.63, 3.8) is 0 Å². The van der Waals surface area contributed by atoms with Crippen molar-refractivity contribution in [1.82, 2.24) is 48.5 Å². The molecule has 0 saturated heterocycles. The second kappa shape index (κ2) is 23.8. The normalized spacial score (nSPS) is 18.6. The Bertz CT molecular complexity index is 3720. The van der Waals surface area contributed by atoms with Crippen molar-refractivity contribution < 1.29 is 42.7 Å². The Morgan fingerprint density at radius 3 is 1.57 bits per heavy atom. The van der Waals surface area contributed by atoms with Crippen LogP contribution in [0.25, 0.3) is 49.9 Å². The first kappa shape index (κ1) is 55.1. The van der Waals surface area contributed by atoms with Gasteiger partial charge in [-0.3, -0.25) is 24.6 Å². The van der Waals surface area contributed by atoms with Gasteiger partial charge in [-0.15, -0.1) is 0 Å². The Hall–Kier alpha value is -7.11. The van der Waals surface area contributed by atoms with E-state index in [0.717, 1.165) is 58.9 Å². The molecule has 394 valence electrons. The largest absolute Gasteiger partial charge is 0.489 e. The Morgan fingerprint density at radius 2 is 1.08 bits per heavy atom. The number of H-pyrrole nitrogens is 2. The number of fused-ring (bicyclic) bond motifs is 5. The van der Waals surface area contributed by atoms with E-state index in [9.17, 15) is 27.6 Å². The molecule has 8 heterocycles. The minimum atomic E-state index is -1.44. The van der Waals surface area contributed by atoms with Crippen LogP contribution in [0, 0.1) is 38.7 Å². The number of alkyl halides is 3. The molecule has 2 aromatic carbocycles. The molecule has 3 aliphatic carbocycles. The van der Waals surface area contributed by atoms with E-state index in [1.807, 2.05) is 113 Å². The molecular formula is C51H51BF3I2N13O6. The molecule has 76 heavy (non-hydrogen) atoms. The molecule has 0 bridgehead atoms. The number of aryl methyl sites for hydroxylation is 2. The number of imidazole rings is 3. The highest BCUT2D eigenvalue weighted by Crippen LogP contribution is 2.36. The van der Waals surface area contributed by atoms with Crippen LogP contribution < -0.4 is 21.8 Å². The highest BCUT2D eigenvalue weighted by Gasteiger charge is 2.45. The van der Waals surface area contributed by atoms with Crippen LogP contribution in [0.2, 0.25) is 0 Å². The summed E-state index contributed by atoms with van der Waals surface area (Å²) in [4.78, 5) is 45.9. The molecule has 8 aromatic heterocycles. The van der Waals surface area contributed by atoms with E-state index in [4.69, 9.17) is 20.9 Å². The average Bonchev–Trinajstić information content (AvgIpc) is 4.16. The van der Waals surface area contributed by atoms with Gasteiger partial charge in [-0.1, -0.05) is 31.5 Å². The first-order valence-electron chi connectivity index (χ1n) is 23.9. The molecule has 0 spiro atoms. The van der Waals surface area contributed by atoms with Gasteiger partial charge in [-0.2, -0.15) is 10.2 Å². The SMILES string of the molecule is CC.Cc1ccc2[nH]ncc2c1-c1ccc2nc(NC(=O)[C@@H]3C[C@@H]3F)cn2c1.Cc1ccc2[nH]ncc2c1B(O)O.Nc1cn2cc(I)ccc2n1.O=C(Nc1cn2cc(I)ccc2n1)C1C[C@@H]1F.O=C(O)[C@@H]1C[C@@H]1F. The average molecular weight is 1260 g/mol. The number of amides is 2. The molecule has 25 heteroatoms. The van der Waals surface area contributed by atoms with Crippen molar-refractivity contribution in [3.8, 4) is 11.1 Å². The highest BCUT2D eigenvalue weighted by atomic mass is 127. The number of carboxylic acid groups (broad SMARTS) is 1. The summed E-state index contributed by atoms with van der Waals surface area (Å²) in [6.07, 6.45) is 12.4. The van der Waals surface area contributed by atoms with Gasteiger partial charge in [0.05, 0.1) is 59.8 Å². The van der Waals surface area contributed by atoms with Crippen molar-refractivity contribution in [3.05, 3.63) is 129 Å². The zero-order chi connectivity index (χ0) is 54.5. The number of aliphatic carboxylic acids is 1. The summed E-state index contributed by atoms with van der Waals surface area (Å²) in [6.45, 7) is 7.90. The van der Waals surface area contributed by atoms with Crippen LogP contribution in [-0.2, 0) is 14.4 Å². The van der Waals surface area contributed by atoms with Gasteiger partial charge in [0.1, 0.15) is 41.3 Å². The smallest absolute Gasteiger partial charge is 0.481 e. The summed E-state index contributed by atoms with van der Waals surface area (Å²) in [5.41, 5.74) is 14.3. The van der Waals surface area contributed by atoms with Gasteiger partial charge in [-0.25, -0.2) is 28.1 Å². The third kappa shape index (κ3) is 13.3. The minimum absolute atomic E-state index is 0.218. The minimum Gasteiger partial charge on any atom is -0.481 e. The molecule has 3 saturated carbocycles. The predicted octanol–water partition coefficient (Wildman–Crippen LogP) is 8.25. The summed E-state index contributed by atoms with van der Waals surface area (Å²) < 4.78 is 45.2. The molecule has 6 atom stereocenters. The summed E-state index contributed by atoms with van der Waals surface area (Å²) in [5.74, 6) is -1.83. The number of nitrogens with two attached hydrogens (primary N) is 1. The van der Waals surface area contributed by atoms with Gasteiger partial charge in [-0.05, 0) is 149 Å². The summed E-state index contributed by atoms with van der Waals surface area (Å²) in [5, 5.41) is 47.1. The van der Waals surface area contributed by atoms with Crippen molar-refractivity contribution in [2.45, 2.75) is 65.5 Å². The van der Waals surface area contributed by atoms with Gasteiger partial charge in [0.15, 0.2) is 11.6 Å². The van der Waals surface area contributed by atoms with E-state index in [1.54, 1.807) is 24.8 Å². The molecule has 13 rings (SSSR count). The van der Waals surface area contributed by atoms with Crippen molar-refractivity contribution in [1.29, 1.82) is 0 Å². The number of nitrogens with zero attached hydrogens (tertiary/aromatic N) is 8. The summed E-state index contributed by atoms with van der Waals surface area (Å²) in [7, 11) is -1.44. The van der Waals surface area contributed by atoms with E-state index in [-0.39, 0.29) is 18.2 Å². The number of carbonyl (C=O) groups is 3. The lowest BCUT2D eigenvalue weighted by atomic mass is 9.75. The number of halogens is 5. The van der Waals surface area contributed by atoms with Crippen LogP contribution in [0.5, 0.6) is 0 Å². The Balaban J connectivity index is 0.000000133. The third-order valence-corrected chi connectivity index (χ3v) is 13.5. The first-order chi connectivity index (χ1) is 36.4. The van der Waals surface area contributed by atoms with Crippen LogP contribution in [0.15, 0.2) is 110 Å². The molecule has 3 fully saturated rings. The standard InChI is InChI=1S/C19H16FN5O.C11H9FIN3O.C8H9BN2O2.C7H6IN3.C4H5FO2.C2H6/c1-10-2-4-15-13(7-21-24-15)18(10)11-3-5-17-22-16(9-25(17)8-11)23-19(26)12-6-14(12)20;12-8-3-7(8)11(17)15-9-5-16-4-6(13)1-2-10(16)14-9;1-5-2-3-7-6(4-10-11-7)8(5)9(12)13;8-5-1-2-7-10-6(9)4-11(7)3-5;5-3-1-2(3)4(6)7;1-2/h2-5,7-9,12,14H,6H2,1H3,(H,21,24)(H,23,26);1-2,4-5,7-8H,3H2,(H,15,17);2-4,12-13H,1H3,(H,10,11);1-4H,9H2;2-3H,1H2,(H,6,7);1-2H3/t12-,14+;7?,8-;;;2-,3+;/m10..1./s1. The van der Waals surface area contributed by atoms with Gasteiger partial charge in [0.25, 0.3) is 0 Å². The maximum atomic E-state index is 13.0. The van der Waals surface area contributed by atoms with Crippen LogP contribution >= 0.6 is 45.2 Å². The van der Waals surface area contributed by atoms with Gasteiger partial charge < -0.3 is 44.7 Å². The Labute approximate surface area is 459 Å². The van der Waals surface area contributed by atoms with Gasteiger partial charge in [0.2, 0.25) is 11.8 Å².